The largest absolute Gasteiger partial charge is 0.457 e. The summed E-state index contributed by atoms with van der Waals surface area (Å²) in [7, 11) is 0. The zero-order chi connectivity index (χ0) is 24.9. The highest BCUT2D eigenvalue weighted by Gasteiger charge is 2.09. The maximum atomic E-state index is 12.1. The van der Waals surface area contributed by atoms with E-state index in [2.05, 4.69) is 0 Å². The molecule has 4 nitrogen and oxygen atoms in total. The predicted octanol–water partition coefficient (Wildman–Crippen LogP) is 8.21. The van der Waals surface area contributed by atoms with E-state index in [0.29, 0.717) is 17.1 Å². The van der Waals surface area contributed by atoms with Crippen molar-refractivity contribution in [3.05, 3.63) is 89.5 Å². The molecule has 3 aromatic rings. The highest BCUT2D eigenvalue weighted by Crippen LogP contribution is 2.22. The van der Waals surface area contributed by atoms with Gasteiger partial charge >= 0.3 is 5.97 Å². The van der Waals surface area contributed by atoms with E-state index >= 15 is 0 Å². The van der Waals surface area contributed by atoms with Crippen LogP contribution >= 0.6 is 0 Å². The van der Waals surface area contributed by atoms with Crippen molar-refractivity contribution in [2.75, 3.05) is 0 Å². The maximum Gasteiger partial charge on any atom is 0.343 e. The molecule has 0 amide bonds. The normalized spacial score (nSPS) is 8.38. The Kier molecular flexibility index (Phi) is 18.8. The number of benzene rings is 3. The summed E-state index contributed by atoms with van der Waals surface area (Å²) in [4.78, 5) is 20.1. The second-order valence-electron chi connectivity index (χ2n) is 5.64. The third-order valence-electron chi connectivity index (χ3n) is 3.58. The molecule has 0 aliphatic carbocycles. The third kappa shape index (κ3) is 11.7. The van der Waals surface area contributed by atoms with Crippen LogP contribution < -0.4 is 9.47 Å². The first kappa shape index (κ1) is 30.8. The van der Waals surface area contributed by atoms with E-state index in [-0.39, 0.29) is 5.97 Å². The van der Waals surface area contributed by atoms with Gasteiger partial charge in [0.25, 0.3) is 0 Å². The number of rotatable bonds is 4. The maximum absolute atomic E-state index is 12.1. The molecule has 4 heteroatoms. The molecule has 0 fully saturated rings. The van der Waals surface area contributed by atoms with Gasteiger partial charge < -0.3 is 14.3 Å². The predicted molar refractivity (Wildman–Crippen MR) is 135 cm³/mol. The molecule has 0 bridgehead atoms. The van der Waals surface area contributed by atoms with Crippen LogP contribution in [0.1, 0.15) is 63.0 Å². The van der Waals surface area contributed by atoms with Crippen LogP contribution in [0, 0.1) is 13.8 Å². The van der Waals surface area contributed by atoms with Gasteiger partial charge in [-0.2, -0.15) is 0 Å². The molecule has 0 unspecified atom stereocenters. The van der Waals surface area contributed by atoms with Crippen LogP contribution in [0.15, 0.2) is 72.8 Å². The molecule has 0 aliphatic rings. The van der Waals surface area contributed by atoms with Crippen LogP contribution in [0.25, 0.3) is 0 Å². The lowest BCUT2D eigenvalue weighted by atomic mass is 10.2. The van der Waals surface area contributed by atoms with Crippen molar-refractivity contribution >= 4 is 12.8 Å². The highest BCUT2D eigenvalue weighted by atomic mass is 16.5. The lowest BCUT2D eigenvalue weighted by Crippen LogP contribution is -2.08. The fourth-order valence-electron chi connectivity index (χ4n) is 2.17. The zero-order valence-corrected chi connectivity index (χ0v) is 20.8. The monoisotopic (exact) mass is 438 g/mol. The van der Waals surface area contributed by atoms with Crippen LogP contribution in [-0.2, 0) is 4.79 Å². The number of carbonyl (C=O) groups excluding carboxylic acids is 2. The number of hydrogen-bond donors (Lipinski definition) is 0. The summed E-state index contributed by atoms with van der Waals surface area (Å²) >= 11 is 0. The molecular formula is C28H38O4. The minimum atomic E-state index is -0.388. The van der Waals surface area contributed by atoms with Gasteiger partial charge in [-0.1, -0.05) is 76.9 Å². The summed E-state index contributed by atoms with van der Waals surface area (Å²) in [5.74, 6) is 1.58. The van der Waals surface area contributed by atoms with Crippen molar-refractivity contribution in [1.82, 2.24) is 0 Å². The second kappa shape index (κ2) is 19.6. The average Bonchev–Trinajstić information content (AvgIpc) is 2.87. The molecule has 0 spiro atoms. The lowest BCUT2D eigenvalue weighted by molar-refractivity contribution is -0.0980. The van der Waals surface area contributed by atoms with Gasteiger partial charge in [0.15, 0.2) is 0 Å². The summed E-state index contributed by atoms with van der Waals surface area (Å²) in [6.45, 7) is 18.0. The van der Waals surface area contributed by atoms with Gasteiger partial charge in [-0.3, -0.25) is 0 Å². The number of hydrogen-bond acceptors (Lipinski definition) is 4. The fraction of sp³-hybridized carbons (Fsp3) is 0.286. The van der Waals surface area contributed by atoms with Crippen LogP contribution in [-0.4, -0.2) is 12.8 Å². The van der Waals surface area contributed by atoms with Crippen LogP contribution in [0.3, 0.4) is 0 Å². The molecule has 0 saturated heterocycles. The Hall–Kier alpha value is -3.40. The number of aryl methyl sites for hydroxylation is 2. The smallest absolute Gasteiger partial charge is 0.343 e. The second-order valence-corrected chi connectivity index (χ2v) is 5.64. The quantitative estimate of drug-likeness (QED) is 0.304. The van der Waals surface area contributed by atoms with Gasteiger partial charge in [0.05, 0.1) is 5.56 Å². The lowest BCUT2D eigenvalue weighted by Gasteiger charge is -2.07. The van der Waals surface area contributed by atoms with E-state index < -0.39 is 0 Å². The molecule has 174 valence electrons. The van der Waals surface area contributed by atoms with Crippen molar-refractivity contribution in [1.29, 1.82) is 0 Å². The summed E-state index contributed by atoms with van der Waals surface area (Å²) in [6.07, 6.45) is 0. The Labute approximate surface area is 194 Å². The van der Waals surface area contributed by atoms with Crippen molar-refractivity contribution in [3.8, 4) is 17.2 Å². The number of ether oxygens (including phenoxy) is 2. The fourth-order valence-corrected chi connectivity index (χ4v) is 2.17. The minimum absolute atomic E-state index is 0.388. The first-order chi connectivity index (χ1) is 15.6. The molecule has 3 rings (SSSR count). The van der Waals surface area contributed by atoms with Crippen LogP contribution in [0.4, 0.5) is 0 Å². The van der Waals surface area contributed by atoms with Crippen molar-refractivity contribution in [3.63, 3.8) is 0 Å². The Morgan fingerprint density at radius 2 is 0.875 bits per heavy atom. The Morgan fingerprint density at radius 3 is 1.25 bits per heavy atom. The van der Waals surface area contributed by atoms with E-state index in [4.69, 9.17) is 14.3 Å². The molecule has 0 aliphatic heterocycles. The number of esters is 1. The molecule has 3 aromatic carbocycles. The Bertz CT molecular complexity index is 836. The zero-order valence-electron chi connectivity index (χ0n) is 20.8. The van der Waals surface area contributed by atoms with E-state index in [9.17, 15) is 4.79 Å². The van der Waals surface area contributed by atoms with E-state index in [1.54, 1.807) is 36.4 Å². The van der Waals surface area contributed by atoms with Crippen molar-refractivity contribution < 1.29 is 19.1 Å². The topological polar surface area (TPSA) is 52.6 Å². The van der Waals surface area contributed by atoms with Gasteiger partial charge in [0, 0.05) is 0 Å². The van der Waals surface area contributed by atoms with Crippen molar-refractivity contribution in [2.45, 2.75) is 55.4 Å². The van der Waals surface area contributed by atoms with E-state index in [1.807, 2.05) is 98.6 Å². The highest BCUT2D eigenvalue weighted by molar-refractivity contribution is 5.91. The van der Waals surface area contributed by atoms with Crippen LogP contribution in [0.2, 0.25) is 0 Å². The molecule has 0 heterocycles. The molecule has 0 N–H and O–H groups in total. The Balaban J connectivity index is 0. The summed E-state index contributed by atoms with van der Waals surface area (Å²) in [6, 6.07) is 22.1. The third-order valence-corrected chi connectivity index (χ3v) is 3.58. The van der Waals surface area contributed by atoms with Gasteiger partial charge in [-0.05, 0) is 62.4 Å². The molecule has 0 radical (unpaired) electrons. The standard InChI is InChI=1S/C21H18O3.3C2H6.CH2O/c1-15-3-9-18(10-4-15)23-19-13-7-17(8-14-19)21(22)24-20-11-5-16(2)6-12-20;4*1-2/h3-14H,1-2H3;3*1-2H3;1H2. The molecule has 32 heavy (non-hydrogen) atoms. The molecular weight excluding hydrogens is 400 g/mol. The molecule has 0 saturated carbocycles. The summed E-state index contributed by atoms with van der Waals surface area (Å²) < 4.78 is 11.1. The summed E-state index contributed by atoms with van der Waals surface area (Å²) in [5.41, 5.74) is 2.77. The van der Waals surface area contributed by atoms with E-state index in [1.165, 1.54) is 5.56 Å². The SMILES string of the molecule is C=O.CC.CC.CC.Cc1ccc(OC(=O)c2ccc(Oc3ccc(C)cc3)cc2)cc1. The molecule has 0 atom stereocenters. The van der Waals surface area contributed by atoms with Gasteiger partial charge in [0.2, 0.25) is 0 Å². The van der Waals surface area contributed by atoms with Gasteiger partial charge in [-0.25, -0.2) is 4.79 Å². The minimum Gasteiger partial charge on any atom is -0.457 e. The average molecular weight is 439 g/mol. The van der Waals surface area contributed by atoms with Crippen LogP contribution in [0.5, 0.6) is 17.2 Å². The summed E-state index contributed by atoms with van der Waals surface area (Å²) in [5, 5.41) is 0. The first-order valence-corrected chi connectivity index (χ1v) is 11.0. The van der Waals surface area contributed by atoms with Gasteiger partial charge in [-0.15, -0.1) is 0 Å². The first-order valence-electron chi connectivity index (χ1n) is 11.0. The Morgan fingerprint density at radius 1 is 0.562 bits per heavy atom. The van der Waals surface area contributed by atoms with E-state index in [0.717, 1.165) is 11.3 Å². The molecule has 0 aromatic heterocycles. The van der Waals surface area contributed by atoms with Crippen molar-refractivity contribution in [2.24, 2.45) is 0 Å². The number of carbonyl (C=O) groups is 2. The van der Waals surface area contributed by atoms with Gasteiger partial charge in [0.1, 0.15) is 24.0 Å².